The first kappa shape index (κ1) is 15.7. The minimum Gasteiger partial charge on any atom is -0.365 e. The molecule has 1 fully saturated rings. The van der Waals surface area contributed by atoms with E-state index >= 15 is 0 Å². The predicted molar refractivity (Wildman–Crippen MR) is 67.7 cm³/mol. The first-order chi connectivity index (χ1) is 9.93. The molecule has 1 saturated heterocycles. The van der Waals surface area contributed by atoms with Crippen molar-refractivity contribution in [3.63, 3.8) is 0 Å². The van der Waals surface area contributed by atoms with Crippen LogP contribution in [0.2, 0.25) is 0 Å². The van der Waals surface area contributed by atoms with Crippen molar-refractivity contribution in [2.45, 2.75) is 32.0 Å². The van der Waals surface area contributed by atoms with Gasteiger partial charge in [0.2, 0.25) is 0 Å². The van der Waals surface area contributed by atoms with Gasteiger partial charge in [0.25, 0.3) is 5.91 Å². The van der Waals surface area contributed by atoms with Crippen LogP contribution < -0.4 is 0 Å². The van der Waals surface area contributed by atoms with Crippen LogP contribution in [-0.2, 0) is 11.2 Å². The monoisotopic (exact) mass is 303 g/mol. The van der Waals surface area contributed by atoms with Crippen LogP contribution in [-0.4, -0.2) is 52.8 Å². The van der Waals surface area contributed by atoms with Crippen molar-refractivity contribution in [3.8, 4) is 0 Å². The zero-order chi connectivity index (χ0) is 15.5. The Balaban J connectivity index is 2.16. The van der Waals surface area contributed by atoms with E-state index in [-0.39, 0.29) is 18.7 Å². The van der Waals surface area contributed by atoms with Gasteiger partial charge in [0, 0.05) is 12.7 Å². The summed E-state index contributed by atoms with van der Waals surface area (Å²) in [6.07, 6.45) is -2.35. The number of hydrogen-bond acceptors (Lipinski definition) is 4. The number of nitrogens with zero attached hydrogens (tertiary/aromatic N) is 3. The Morgan fingerprint density at radius 2 is 2.29 bits per heavy atom. The summed E-state index contributed by atoms with van der Waals surface area (Å²) in [6, 6.07) is 0. The van der Waals surface area contributed by atoms with Crippen molar-refractivity contribution in [1.82, 2.24) is 14.9 Å². The number of carbonyl (C=O) groups excluding carboxylic acids is 1. The molecule has 2 rings (SSSR count). The highest BCUT2D eigenvalue weighted by molar-refractivity contribution is 5.95. The molecule has 1 aromatic rings. The summed E-state index contributed by atoms with van der Waals surface area (Å²) in [7, 11) is 0. The second-order valence-corrected chi connectivity index (χ2v) is 4.79. The Morgan fingerprint density at radius 1 is 1.52 bits per heavy atom. The van der Waals surface area contributed by atoms with E-state index in [1.165, 1.54) is 12.5 Å². The Morgan fingerprint density at radius 3 is 2.95 bits per heavy atom. The number of carbonyl (C=O) groups is 1. The topological polar surface area (TPSA) is 55.3 Å². The van der Waals surface area contributed by atoms with E-state index in [4.69, 9.17) is 0 Å². The van der Waals surface area contributed by atoms with Gasteiger partial charge in [-0.3, -0.25) is 4.79 Å². The minimum absolute atomic E-state index is 0.131. The summed E-state index contributed by atoms with van der Waals surface area (Å²) in [5, 5.41) is 0. The molecule has 1 atom stereocenters. The summed E-state index contributed by atoms with van der Waals surface area (Å²) in [6.45, 7) is 1.44. The SMILES string of the molecule is CCCc1ncncc1C(=O)N1CCO[C@H](C(F)(F)F)C1. The number of morpholine rings is 1. The summed E-state index contributed by atoms with van der Waals surface area (Å²) >= 11 is 0. The second-order valence-electron chi connectivity index (χ2n) is 4.79. The molecule has 2 heterocycles. The van der Waals surface area contributed by atoms with E-state index in [2.05, 4.69) is 14.7 Å². The quantitative estimate of drug-likeness (QED) is 0.855. The van der Waals surface area contributed by atoms with Gasteiger partial charge < -0.3 is 9.64 Å². The smallest absolute Gasteiger partial charge is 0.365 e. The maximum atomic E-state index is 12.7. The summed E-state index contributed by atoms with van der Waals surface area (Å²) in [5.41, 5.74) is 0.828. The average Bonchev–Trinajstić information content (AvgIpc) is 2.47. The number of ether oxygens (including phenoxy) is 1. The molecule has 0 radical (unpaired) electrons. The standard InChI is InChI=1S/C13H16F3N3O2/c1-2-3-10-9(6-17-8-18-10)12(20)19-4-5-21-11(7-19)13(14,15)16/h6,8,11H,2-5,7H2,1H3/t11-/m0/s1. The first-order valence-electron chi connectivity index (χ1n) is 6.70. The molecule has 21 heavy (non-hydrogen) atoms. The third kappa shape index (κ3) is 3.69. The van der Waals surface area contributed by atoms with Crippen LogP contribution in [0.5, 0.6) is 0 Å². The zero-order valence-electron chi connectivity index (χ0n) is 11.6. The third-order valence-corrected chi connectivity index (χ3v) is 3.23. The lowest BCUT2D eigenvalue weighted by molar-refractivity contribution is -0.233. The Hall–Kier alpha value is -1.70. The van der Waals surface area contributed by atoms with Crippen LogP contribution in [0.3, 0.4) is 0 Å². The van der Waals surface area contributed by atoms with Crippen molar-refractivity contribution in [2.24, 2.45) is 0 Å². The fraction of sp³-hybridized carbons (Fsp3) is 0.615. The van der Waals surface area contributed by atoms with E-state index in [9.17, 15) is 18.0 Å². The minimum atomic E-state index is -4.47. The lowest BCUT2D eigenvalue weighted by atomic mass is 10.1. The lowest BCUT2D eigenvalue weighted by Crippen LogP contribution is -2.51. The molecule has 5 nitrogen and oxygen atoms in total. The van der Waals surface area contributed by atoms with Crippen molar-refractivity contribution in [3.05, 3.63) is 23.8 Å². The van der Waals surface area contributed by atoms with Crippen LogP contribution in [0.4, 0.5) is 13.2 Å². The first-order valence-corrected chi connectivity index (χ1v) is 6.70. The van der Waals surface area contributed by atoms with Crippen molar-refractivity contribution >= 4 is 5.91 Å². The van der Waals surface area contributed by atoms with Crippen molar-refractivity contribution in [2.75, 3.05) is 19.7 Å². The molecule has 0 N–H and O–H groups in total. The van der Waals surface area contributed by atoms with Gasteiger partial charge in [0.15, 0.2) is 6.10 Å². The molecule has 1 amide bonds. The van der Waals surface area contributed by atoms with Crippen LogP contribution in [0.15, 0.2) is 12.5 Å². The molecule has 8 heteroatoms. The molecule has 116 valence electrons. The van der Waals surface area contributed by atoms with Crippen LogP contribution >= 0.6 is 0 Å². The summed E-state index contributed by atoms with van der Waals surface area (Å²) < 4.78 is 42.8. The molecule has 0 unspecified atom stereocenters. The van der Waals surface area contributed by atoms with Crippen molar-refractivity contribution < 1.29 is 22.7 Å². The molecule has 1 aliphatic heterocycles. The van der Waals surface area contributed by atoms with Gasteiger partial charge in [-0.05, 0) is 6.42 Å². The van der Waals surface area contributed by atoms with Gasteiger partial charge in [-0.25, -0.2) is 9.97 Å². The summed E-state index contributed by atoms with van der Waals surface area (Å²) in [5.74, 6) is -0.475. The number of rotatable bonds is 3. The molecular weight excluding hydrogens is 287 g/mol. The average molecular weight is 303 g/mol. The zero-order valence-corrected chi connectivity index (χ0v) is 11.6. The van der Waals surface area contributed by atoms with Gasteiger partial charge in [-0.15, -0.1) is 0 Å². The normalized spacial score (nSPS) is 19.6. The fourth-order valence-corrected chi connectivity index (χ4v) is 2.17. The van der Waals surface area contributed by atoms with Crippen LogP contribution in [0.1, 0.15) is 29.4 Å². The number of aromatic nitrogens is 2. The van der Waals surface area contributed by atoms with Gasteiger partial charge in [-0.1, -0.05) is 13.3 Å². The van der Waals surface area contributed by atoms with E-state index in [0.717, 1.165) is 11.3 Å². The molecule has 0 aliphatic carbocycles. The van der Waals surface area contributed by atoms with E-state index < -0.39 is 24.7 Å². The van der Waals surface area contributed by atoms with Gasteiger partial charge >= 0.3 is 6.18 Å². The number of aryl methyl sites for hydroxylation is 1. The largest absolute Gasteiger partial charge is 0.416 e. The molecule has 0 bridgehead atoms. The molecule has 1 aromatic heterocycles. The molecule has 0 spiro atoms. The van der Waals surface area contributed by atoms with Gasteiger partial charge in [0.05, 0.1) is 24.4 Å². The fourth-order valence-electron chi connectivity index (χ4n) is 2.17. The second kappa shape index (κ2) is 6.38. The number of hydrogen-bond donors (Lipinski definition) is 0. The third-order valence-electron chi connectivity index (χ3n) is 3.23. The molecule has 0 saturated carbocycles. The molecule has 0 aromatic carbocycles. The van der Waals surface area contributed by atoms with E-state index in [1.54, 1.807) is 0 Å². The van der Waals surface area contributed by atoms with Crippen LogP contribution in [0, 0.1) is 0 Å². The Kier molecular flexibility index (Phi) is 4.76. The molecule has 1 aliphatic rings. The van der Waals surface area contributed by atoms with E-state index in [1.807, 2.05) is 6.92 Å². The van der Waals surface area contributed by atoms with Gasteiger partial charge in [0.1, 0.15) is 6.33 Å². The number of halogens is 3. The summed E-state index contributed by atoms with van der Waals surface area (Å²) in [4.78, 5) is 21.4. The number of amides is 1. The highest BCUT2D eigenvalue weighted by Crippen LogP contribution is 2.26. The maximum Gasteiger partial charge on any atom is 0.416 e. The van der Waals surface area contributed by atoms with Gasteiger partial charge in [-0.2, -0.15) is 13.2 Å². The predicted octanol–water partition coefficient (Wildman–Crippen LogP) is 1.83. The van der Waals surface area contributed by atoms with E-state index in [0.29, 0.717) is 12.1 Å². The lowest BCUT2D eigenvalue weighted by Gasteiger charge is -2.34. The number of alkyl halides is 3. The Bertz CT molecular complexity index is 508. The highest BCUT2D eigenvalue weighted by atomic mass is 19.4. The van der Waals surface area contributed by atoms with Crippen molar-refractivity contribution in [1.29, 1.82) is 0 Å². The molecular formula is C13H16F3N3O2. The highest BCUT2D eigenvalue weighted by Gasteiger charge is 2.44. The van der Waals surface area contributed by atoms with Crippen LogP contribution in [0.25, 0.3) is 0 Å². The Labute approximate surface area is 120 Å². The maximum absolute atomic E-state index is 12.7.